The minimum absolute atomic E-state index is 0.0503. The molecule has 0 bridgehead atoms. The Morgan fingerprint density at radius 2 is 1.93 bits per heavy atom. The zero-order valence-electron chi connectivity index (χ0n) is 22.8. The highest BCUT2D eigenvalue weighted by atomic mass is 32.2. The van der Waals surface area contributed by atoms with Crippen molar-refractivity contribution < 1.29 is 28.5 Å². The summed E-state index contributed by atoms with van der Waals surface area (Å²) in [6, 6.07) is 14.5. The first-order chi connectivity index (χ1) is 19.5. The molecule has 1 saturated heterocycles. The SMILES string of the molecule is CCOC(=O)C1=C(c2ccccc2)N=C2SC=C(CC(=O)NCC3CCCO3)N2C1c1ccc(OC)c(OC)c1. The quantitative estimate of drug-likeness (QED) is 0.417. The molecule has 2 unspecified atom stereocenters. The van der Waals surface area contributed by atoms with Gasteiger partial charge < -0.3 is 29.2 Å². The van der Waals surface area contributed by atoms with Crippen LogP contribution in [0.2, 0.25) is 0 Å². The number of aliphatic imine (C=N–C) groups is 1. The molecule has 3 heterocycles. The Kier molecular flexibility index (Phi) is 8.76. The molecule has 2 aromatic rings. The molecular weight excluding hydrogens is 530 g/mol. The summed E-state index contributed by atoms with van der Waals surface area (Å²) in [7, 11) is 3.15. The van der Waals surface area contributed by atoms with Crippen LogP contribution in [0.5, 0.6) is 11.5 Å². The summed E-state index contributed by atoms with van der Waals surface area (Å²) in [6.07, 6.45) is 2.13. The van der Waals surface area contributed by atoms with Crippen LogP contribution in [0.1, 0.15) is 43.4 Å². The monoisotopic (exact) mass is 563 g/mol. The number of nitrogens with one attached hydrogen (secondary N) is 1. The third-order valence-electron chi connectivity index (χ3n) is 6.97. The first-order valence-corrected chi connectivity index (χ1v) is 14.2. The Morgan fingerprint density at radius 3 is 2.62 bits per heavy atom. The van der Waals surface area contributed by atoms with E-state index in [4.69, 9.17) is 23.9 Å². The highest BCUT2D eigenvalue weighted by molar-refractivity contribution is 8.16. The molecule has 0 aliphatic carbocycles. The van der Waals surface area contributed by atoms with E-state index in [-0.39, 0.29) is 25.0 Å². The third kappa shape index (κ3) is 5.73. The highest BCUT2D eigenvalue weighted by Crippen LogP contribution is 2.48. The summed E-state index contributed by atoms with van der Waals surface area (Å²) in [5.74, 6) is 0.509. The van der Waals surface area contributed by atoms with Gasteiger partial charge in [-0.1, -0.05) is 48.2 Å². The standard InChI is InChI=1S/C30H33N3O6S/c1-4-38-29(35)26-27(19-9-6-5-7-10-19)32-30-33(28(26)20-12-13-23(36-2)24(15-20)37-3)21(18-40-30)16-25(34)31-17-22-11-8-14-39-22/h5-7,9-10,12-13,15,18,22,28H,4,8,11,14,16-17H2,1-3H3,(H,31,34). The number of benzene rings is 2. The van der Waals surface area contributed by atoms with E-state index in [0.717, 1.165) is 36.3 Å². The van der Waals surface area contributed by atoms with E-state index >= 15 is 0 Å². The molecule has 1 amide bonds. The zero-order chi connectivity index (χ0) is 28.1. The van der Waals surface area contributed by atoms with Gasteiger partial charge in [0.1, 0.15) is 0 Å². The van der Waals surface area contributed by atoms with E-state index in [1.807, 2.05) is 58.8 Å². The van der Waals surface area contributed by atoms with Crippen molar-refractivity contribution in [1.82, 2.24) is 10.2 Å². The number of carbonyl (C=O) groups is 2. The summed E-state index contributed by atoms with van der Waals surface area (Å²) in [5.41, 5.74) is 3.23. The van der Waals surface area contributed by atoms with Crippen LogP contribution < -0.4 is 14.8 Å². The van der Waals surface area contributed by atoms with E-state index < -0.39 is 12.0 Å². The van der Waals surface area contributed by atoms with Gasteiger partial charge in [0.25, 0.3) is 0 Å². The van der Waals surface area contributed by atoms with Crippen molar-refractivity contribution in [3.63, 3.8) is 0 Å². The van der Waals surface area contributed by atoms with Gasteiger partial charge >= 0.3 is 5.97 Å². The first-order valence-electron chi connectivity index (χ1n) is 13.3. The van der Waals surface area contributed by atoms with Crippen molar-refractivity contribution in [3.05, 3.63) is 76.3 Å². The normalized spacial score (nSPS) is 20.0. The van der Waals surface area contributed by atoms with Crippen LogP contribution in [0.15, 0.2) is 70.2 Å². The van der Waals surface area contributed by atoms with Gasteiger partial charge in [0, 0.05) is 24.4 Å². The number of amidine groups is 1. The maximum Gasteiger partial charge on any atom is 0.338 e. The lowest BCUT2D eigenvalue weighted by atomic mass is 9.91. The third-order valence-corrected chi connectivity index (χ3v) is 7.86. The summed E-state index contributed by atoms with van der Waals surface area (Å²) >= 11 is 1.43. The second-order valence-corrected chi connectivity index (χ2v) is 10.3. The Hall–Kier alpha value is -3.76. The largest absolute Gasteiger partial charge is 0.493 e. The maximum atomic E-state index is 13.7. The molecule has 0 aromatic heterocycles. The lowest BCUT2D eigenvalue weighted by molar-refractivity contribution is -0.139. The molecule has 9 nitrogen and oxygen atoms in total. The van der Waals surface area contributed by atoms with Crippen LogP contribution in [-0.2, 0) is 19.1 Å². The van der Waals surface area contributed by atoms with Gasteiger partial charge in [-0.25, -0.2) is 9.79 Å². The Morgan fingerprint density at radius 1 is 1.12 bits per heavy atom. The van der Waals surface area contributed by atoms with Crippen LogP contribution in [0.4, 0.5) is 0 Å². The molecule has 0 radical (unpaired) electrons. The topological polar surface area (TPSA) is 98.7 Å². The van der Waals surface area contributed by atoms with Gasteiger partial charge in [0.2, 0.25) is 5.91 Å². The number of nitrogens with zero attached hydrogens (tertiary/aromatic N) is 2. The van der Waals surface area contributed by atoms with Crippen LogP contribution in [0.3, 0.4) is 0 Å². The van der Waals surface area contributed by atoms with Gasteiger partial charge in [0.15, 0.2) is 16.7 Å². The predicted octanol–water partition coefficient (Wildman–Crippen LogP) is 4.66. The maximum absolute atomic E-state index is 13.7. The lowest BCUT2D eigenvalue weighted by Gasteiger charge is -2.37. The molecule has 1 fully saturated rings. The minimum atomic E-state index is -0.617. The number of esters is 1. The molecule has 5 rings (SSSR count). The van der Waals surface area contributed by atoms with Crippen molar-refractivity contribution in [2.75, 3.05) is 34.0 Å². The molecule has 2 atom stereocenters. The summed E-state index contributed by atoms with van der Waals surface area (Å²) < 4.78 is 22.3. The predicted molar refractivity (Wildman–Crippen MR) is 154 cm³/mol. The molecule has 3 aliphatic rings. The van der Waals surface area contributed by atoms with Crippen molar-refractivity contribution >= 4 is 34.5 Å². The van der Waals surface area contributed by atoms with Crippen molar-refractivity contribution in [1.29, 1.82) is 0 Å². The molecule has 1 N–H and O–H groups in total. The average Bonchev–Trinajstić information content (AvgIpc) is 3.65. The Labute approximate surface area is 238 Å². The number of ether oxygens (including phenoxy) is 4. The number of amides is 1. The van der Waals surface area contributed by atoms with E-state index in [9.17, 15) is 9.59 Å². The number of rotatable bonds is 10. The van der Waals surface area contributed by atoms with Gasteiger partial charge in [-0.15, -0.1) is 0 Å². The first kappa shape index (κ1) is 27.8. The molecule has 0 saturated carbocycles. The van der Waals surface area contributed by atoms with E-state index in [2.05, 4.69) is 5.32 Å². The van der Waals surface area contributed by atoms with E-state index in [1.165, 1.54) is 11.8 Å². The van der Waals surface area contributed by atoms with Crippen LogP contribution in [-0.4, -0.2) is 62.0 Å². The lowest BCUT2D eigenvalue weighted by Crippen LogP contribution is -2.39. The number of fused-ring (bicyclic) bond motifs is 1. The Balaban J connectivity index is 1.57. The zero-order valence-corrected chi connectivity index (χ0v) is 23.7. The molecule has 210 valence electrons. The summed E-state index contributed by atoms with van der Waals surface area (Å²) in [4.78, 5) is 33.6. The number of carbonyl (C=O) groups excluding carboxylic acids is 2. The fourth-order valence-electron chi connectivity index (χ4n) is 5.09. The van der Waals surface area contributed by atoms with Gasteiger partial charge in [-0.2, -0.15) is 0 Å². The fourth-order valence-corrected chi connectivity index (χ4v) is 6.01. The fraction of sp³-hybridized carbons (Fsp3) is 0.367. The van der Waals surface area contributed by atoms with Gasteiger partial charge in [0.05, 0.1) is 50.7 Å². The molecular formula is C30H33N3O6S. The summed E-state index contributed by atoms with van der Waals surface area (Å²) in [6.45, 7) is 3.20. The second kappa shape index (κ2) is 12.6. The number of thioether (sulfide) groups is 1. The summed E-state index contributed by atoms with van der Waals surface area (Å²) in [5, 5.41) is 5.60. The van der Waals surface area contributed by atoms with Crippen LogP contribution >= 0.6 is 11.8 Å². The second-order valence-electron chi connectivity index (χ2n) is 9.47. The molecule has 10 heteroatoms. The highest BCUT2D eigenvalue weighted by Gasteiger charge is 2.42. The molecule has 40 heavy (non-hydrogen) atoms. The van der Waals surface area contributed by atoms with Crippen LogP contribution in [0.25, 0.3) is 5.70 Å². The average molecular weight is 564 g/mol. The van der Waals surface area contributed by atoms with Crippen molar-refractivity contribution in [3.8, 4) is 11.5 Å². The number of hydrogen-bond donors (Lipinski definition) is 1. The number of hydrogen-bond acceptors (Lipinski definition) is 9. The van der Waals surface area contributed by atoms with E-state index in [0.29, 0.717) is 34.5 Å². The van der Waals surface area contributed by atoms with Crippen molar-refractivity contribution in [2.45, 2.75) is 38.3 Å². The molecule has 0 spiro atoms. The van der Waals surface area contributed by atoms with Gasteiger partial charge in [-0.3, -0.25) is 4.79 Å². The van der Waals surface area contributed by atoms with Gasteiger partial charge in [-0.05, 0) is 42.9 Å². The molecule has 3 aliphatic heterocycles. The van der Waals surface area contributed by atoms with Crippen LogP contribution in [0, 0.1) is 0 Å². The Bertz CT molecular complexity index is 1350. The minimum Gasteiger partial charge on any atom is -0.493 e. The number of methoxy groups -OCH3 is 2. The smallest absolute Gasteiger partial charge is 0.338 e. The van der Waals surface area contributed by atoms with E-state index in [1.54, 1.807) is 21.1 Å². The molecule has 2 aromatic carbocycles. The van der Waals surface area contributed by atoms with Crippen molar-refractivity contribution in [2.24, 2.45) is 4.99 Å².